The van der Waals surface area contributed by atoms with Crippen LogP contribution in [-0.4, -0.2) is 6.54 Å². The van der Waals surface area contributed by atoms with Gasteiger partial charge in [0.25, 0.3) is 0 Å². The van der Waals surface area contributed by atoms with Gasteiger partial charge in [-0.3, -0.25) is 0 Å². The molecule has 0 aromatic heterocycles. The van der Waals surface area contributed by atoms with E-state index in [0.717, 1.165) is 25.7 Å². The van der Waals surface area contributed by atoms with Crippen molar-refractivity contribution in [3.05, 3.63) is 48.6 Å². The molecule has 17 heavy (non-hydrogen) atoms. The fourth-order valence-corrected chi connectivity index (χ4v) is 1.87. The first-order valence-corrected chi connectivity index (χ1v) is 6.39. The molecule has 0 unspecified atom stereocenters. The highest BCUT2D eigenvalue weighted by Crippen LogP contribution is 2.21. The zero-order valence-corrected chi connectivity index (χ0v) is 11.4. The van der Waals surface area contributed by atoms with E-state index in [-0.39, 0.29) is 0 Å². The van der Waals surface area contributed by atoms with Crippen LogP contribution in [0.3, 0.4) is 0 Å². The molecule has 0 aliphatic heterocycles. The predicted octanol–water partition coefficient (Wildman–Crippen LogP) is 4.39. The lowest BCUT2D eigenvalue weighted by Crippen LogP contribution is -1.99. The fourth-order valence-electron chi connectivity index (χ4n) is 1.87. The third-order valence-corrected chi connectivity index (χ3v) is 3.02. The van der Waals surface area contributed by atoms with E-state index in [2.05, 4.69) is 39.2 Å². The molecule has 0 fully saturated rings. The molecule has 0 rings (SSSR count). The van der Waals surface area contributed by atoms with Crippen LogP contribution in [0.2, 0.25) is 0 Å². The molecular formula is C16H27N. The first-order valence-electron chi connectivity index (χ1n) is 6.39. The van der Waals surface area contributed by atoms with Gasteiger partial charge in [0.1, 0.15) is 0 Å². The van der Waals surface area contributed by atoms with Crippen molar-refractivity contribution in [3.63, 3.8) is 0 Å². The summed E-state index contributed by atoms with van der Waals surface area (Å²) in [6.07, 6.45) is 12.7. The molecule has 96 valence electrons. The Bertz CT molecular complexity index is 274. The van der Waals surface area contributed by atoms with Crippen LogP contribution >= 0.6 is 0 Å². The van der Waals surface area contributed by atoms with Crippen molar-refractivity contribution >= 4 is 0 Å². The Morgan fingerprint density at radius 1 is 1.12 bits per heavy atom. The van der Waals surface area contributed by atoms with Gasteiger partial charge < -0.3 is 5.73 Å². The Kier molecular flexibility index (Phi) is 9.46. The summed E-state index contributed by atoms with van der Waals surface area (Å²) in [7, 11) is 0. The van der Waals surface area contributed by atoms with Crippen LogP contribution in [0.1, 0.15) is 39.5 Å². The van der Waals surface area contributed by atoms with Crippen LogP contribution in [0, 0.1) is 5.92 Å². The van der Waals surface area contributed by atoms with Gasteiger partial charge in [0.15, 0.2) is 0 Å². The molecule has 0 aromatic rings. The van der Waals surface area contributed by atoms with Gasteiger partial charge in [-0.25, -0.2) is 0 Å². The molecule has 0 aliphatic rings. The average Bonchev–Trinajstić information content (AvgIpc) is 2.29. The van der Waals surface area contributed by atoms with Crippen molar-refractivity contribution in [1.29, 1.82) is 0 Å². The molecule has 0 bridgehead atoms. The minimum Gasteiger partial charge on any atom is -0.327 e. The molecule has 0 radical (unpaired) electrons. The molecule has 1 nitrogen and oxygen atoms in total. The minimum absolute atomic E-state index is 0.573. The highest BCUT2D eigenvalue weighted by atomic mass is 14.5. The molecule has 0 spiro atoms. The smallest absolute Gasteiger partial charge is 0.0109 e. The summed E-state index contributed by atoms with van der Waals surface area (Å²) < 4.78 is 0. The van der Waals surface area contributed by atoms with E-state index in [1.165, 1.54) is 11.1 Å². The normalized spacial score (nSPS) is 12.9. The van der Waals surface area contributed by atoms with E-state index in [0.29, 0.717) is 12.5 Å². The SMILES string of the molecule is C=CCC(CC=C)C(C)=CCCC(C)=CCN. The largest absolute Gasteiger partial charge is 0.327 e. The molecule has 0 amide bonds. The average molecular weight is 233 g/mol. The molecule has 0 heterocycles. The van der Waals surface area contributed by atoms with Crippen LogP contribution in [0.4, 0.5) is 0 Å². The summed E-state index contributed by atoms with van der Waals surface area (Å²) in [5.41, 5.74) is 8.30. The lowest BCUT2D eigenvalue weighted by molar-refractivity contribution is 0.630. The van der Waals surface area contributed by atoms with Gasteiger partial charge in [0.05, 0.1) is 0 Å². The van der Waals surface area contributed by atoms with E-state index < -0.39 is 0 Å². The zero-order valence-electron chi connectivity index (χ0n) is 11.4. The second-order valence-corrected chi connectivity index (χ2v) is 4.52. The van der Waals surface area contributed by atoms with Crippen LogP contribution in [-0.2, 0) is 0 Å². The Balaban J connectivity index is 4.24. The van der Waals surface area contributed by atoms with Crippen molar-refractivity contribution < 1.29 is 0 Å². The summed E-state index contributed by atoms with van der Waals surface area (Å²) in [5, 5.41) is 0. The van der Waals surface area contributed by atoms with Gasteiger partial charge in [0.2, 0.25) is 0 Å². The van der Waals surface area contributed by atoms with E-state index in [4.69, 9.17) is 5.73 Å². The number of hydrogen-bond donors (Lipinski definition) is 1. The standard InChI is InChI=1S/C16H27N/c1-5-8-16(9-6-2)15(4)11-7-10-14(3)12-13-17/h5-6,11-12,16H,1-2,7-10,13,17H2,3-4H3. The van der Waals surface area contributed by atoms with Crippen LogP contribution in [0.5, 0.6) is 0 Å². The first kappa shape index (κ1) is 15.9. The third kappa shape index (κ3) is 7.76. The summed E-state index contributed by atoms with van der Waals surface area (Å²) in [5.74, 6) is 0.573. The summed E-state index contributed by atoms with van der Waals surface area (Å²) >= 11 is 0. The van der Waals surface area contributed by atoms with Gasteiger partial charge in [-0.2, -0.15) is 0 Å². The van der Waals surface area contributed by atoms with Gasteiger partial charge >= 0.3 is 0 Å². The maximum Gasteiger partial charge on any atom is 0.0109 e. The van der Waals surface area contributed by atoms with Gasteiger partial charge in [-0.1, -0.05) is 35.5 Å². The van der Waals surface area contributed by atoms with Crippen molar-refractivity contribution in [2.75, 3.05) is 6.54 Å². The number of rotatable bonds is 9. The highest BCUT2D eigenvalue weighted by molar-refractivity contribution is 5.09. The van der Waals surface area contributed by atoms with Crippen LogP contribution in [0.15, 0.2) is 48.6 Å². The summed E-state index contributed by atoms with van der Waals surface area (Å²) in [6, 6.07) is 0. The molecular weight excluding hydrogens is 206 g/mol. The van der Waals surface area contributed by atoms with Crippen molar-refractivity contribution in [2.45, 2.75) is 39.5 Å². The van der Waals surface area contributed by atoms with Crippen LogP contribution in [0.25, 0.3) is 0 Å². The number of nitrogens with two attached hydrogens (primary N) is 1. The molecule has 0 aromatic carbocycles. The molecule has 1 heteroatoms. The lowest BCUT2D eigenvalue weighted by atomic mass is 9.92. The van der Waals surface area contributed by atoms with E-state index >= 15 is 0 Å². The maximum absolute atomic E-state index is 5.47. The van der Waals surface area contributed by atoms with Crippen molar-refractivity contribution in [3.8, 4) is 0 Å². The Morgan fingerprint density at radius 2 is 1.71 bits per heavy atom. The zero-order chi connectivity index (χ0) is 13.1. The van der Waals surface area contributed by atoms with Gasteiger partial charge in [-0.05, 0) is 45.4 Å². The Labute approximate surface area is 107 Å². The third-order valence-electron chi connectivity index (χ3n) is 3.02. The van der Waals surface area contributed by atoms with E-state index in [1.54, 1.807) is 0 Å². The lowest BCUT2D eigenvalue weighted by Gasteiger charge is -2.13. The number of hydrogen-bond acceptors (Lipinski definition) is 1. The Morgan fingerprint density at radius 3 is 2.18 bits per heavy atom. The van der Waals surface area contributed by atoms with Gasteiger partial charge in [-0.15, -0.1) is 13.2 Å². The van der Waals surface area contributed by atoms with E-state index in [9.17, 15) is 0 Å². The second-order valence-electron chi connectivity index (χ2n) is 4.52. The second kappa shape index (κ2) is 10.1. The van der Waals surface area contributed by atoms with Gasteiger partial charge in [0, 0.05) is 6.54 Å². The Hall–Kier alpha value is -1.08. The molecule has 0 saturated carbocycles. The molecule has 0 saturated heterocycles. The maximum atomic E-state index is 5.47. The number of allylic oxidation sites excluding steroid dienone is 5. The first-order chi connectivity index (χ1) is 8.15. The monoisotopic (exact) mass is 233 g/mol. The van der Waals surface area contributed by atoms with Crippen molar-refractivity contribution in [2.24, 2.45) is 11.7 Å². The molecule has 2 N–H and O–H groups in total. The van der Waals surface area contributed by atoms with Crippen LogP contribution < -0.4 is 5.73 Å². The fraction of sp³-hybridized carbons (Fsp3) is 0.500. The highest BCUT2D eigenvalue weighted by Gasteiger charge is 2.06. The summed E-state index contributed by atoms with van der Waals surface area (Å²) in [4.78, 5) is 0. The van der Waals surface area contributed by atoms with E-state index in [1.807, 2.05) is 12.2 Å². The topological polar surface area (TPSA) is 26.0 Å². The minimum atomic E-state index is 0.573. The van der Waals surface area contributed by atoms with Crippen molar-refractivity contribution in [1.82, 2.24) is 0 Å². The molecule has 0 aliphatic carbocycles. The predicted molar refractivity (Wildman–Crippen MR) is 78.9 cm³/mol. The summed E-state index contributed by atoms with van der Waals surface area (Å²) in [6.45, 7) is 12.6. The quantitative estimate of drug-likeness (QED) is 0.587. The molecule has 0 atom stereocenters.